The standard InChI is InChI=1S/C20H20Cl2N4O2/c1-12-19(10-20(28)23-16-5-3-4-15(9-16)13(2)27)24-25-26(12)11-14-6-7-17(21)18(22)8-14/h3-9,13,27H,10-11H2,1-2H3,(H,23,28). The minimum atomic E-state index is -0.597. The summed E-state index contributed by atoms with van der Waals surface area (Å²) in [5.74, 6) is -0.201. The van der Waals surface area contributed by atoms with E-state index in [0.717, 1.165) is 16.8 Å². The third kappa shape index (κ3) is 4.90. The number of nitrogens with one attached hydrogen (secondary N) is 1. The van der Waals surface area contributed by atoms with E-state index >= 15 is 0 Å². The molecule has 1 heterocycles. The maximum absolute atomic E-state index is 12.4. The Balaban J connectivity index is 1.67. The van der Waals surface area contributed by atoms with Crippen LogP contribution in [0.3, 0.4) is 0 Å². The summed E-state index contributed by atoms with van der Waals surface area (Å²) >= 11 is 12.0. The molecule has 146 valence electrons. The van der Waals surface area contributed by atoms with Gasteiger partial charge in [-0.05, 0) is 49.2 Å². The van der Waals surface area contributed by atoms with Gasteiger partial charge in [0, 0.05) is 5.69 Å². The molecule has 1 aromatic heterocycles. The van der Waals surface area contributed by atoms with Gasteiger partial charge in [-0.25, -0.2) is 4.68 Å². The number of rotatable bonds is 6. The van der Waals surface area contributed by atoms with Crippen molar-refractivity contribution in [2.45, 2.75) is 32.9 Å². The van der Waals surface area contributed by atoms with Gasteiger partial charge in [0.05, 0.1) is 40.5 Å². The number of hydrogen-bond donors (Lipinski definition) is 2. The number of aliphatic hydroxyl groups excluding tert-OH is 1. The number of nitrogens with zero attached hydrogens (tertiary/aromatic N) is 3. The van der Waals surface area contributed by atoms with E-state index in [1.807, 2.05) is 13.0 Å². The Morgan fingerprint density at radius 2 is 2.00 bits per heavy atom. The van der Waals surface area contributed by atoms with Crippen molar-refractivity contribution in [1.29, 1.82) is 0 Å². The van der Waals surface area contributed by atoms with Crippen molar-refractivity contribution >= 4 is 34.8 Å². The van der Waals surface area contributed by atoms with E-state index in [-0.39, 0.29) is 12.3 Å². The molecule has 0 aliphatic rings. The summed E-state index contributed by atoms with van der Waals surface area (Å²) in [6.45, 7) is 4.03. The molecule has 0 fully saturated rings. The third-order valence-electron chi connectivity index (χ3n) is 4.38. The van der Waals surface area contributed by atoms with Gasteiger partial charge < -0.3 is 10.4 Å². The van der Waals surface area contributed by atoms with Gasteiger partial charge >= 0.3 is 0 Å². The van der Waals surface area contributed by atoms with E-state index in [2.05, 4.69) is 15.6 Å². The van der Waals surface area contributed by atoms with Crippen molar-refractivity contribution < 1.29 is 9.90 Å². The van der Waals surface area contributed by atoms with Gasteiger partial charge in [-0.1, -0.05) is 46.6 Å². The number of carbonyl (C=O) groups is 1. The van der Waals surface area contributed by atoms with Crippen LogP contribution in [0.15, 0.2) is 42.5 Å². The third-order valence-corrected chi connectivity index (χ3v) is 5.11. The fraction of sp³-hybridized carbons (Fsp3) is 0.250. The molecule has 0 radical (unpaired) electrons. The molecule has 2 N–H and O–H groups in total. The molecule has 0 aliphatic carbocycles. The lowest BCUT2D eigenvalue weighted by atomic mass is 10.1. The second-order valence-electron chi connectivity index (χ2n) is 6.55. The Kier molecular flexibility index (Phi) is 6.34. The highest BCUT2D eigenvalue weighted by Crippen LogP contribution is 2.23. The maximum atomic E-state index is 12.4. The summed E-state index contributed by atoms with van der Waals surface area (Å²) in [5.41, 5.74) is 3.71. The fourth-order valence-electron chi connectivity index (χ4n) is 2.75. The molecule has 8 heteroatoms. The van der Waals surface area contributed by atoms with Crippen LogP contribution >= 0.6 is 23.2 Å². The number of halogens is 2. The van der Waals surface area contributed by atoms with Gasteiger partial charge in [0.1, 0.15) is 0 Å². The summed E-state index contributed by atoms with van der Waals surface area (Å²) in [6.07, 6.45) is -0.494. The number of amides is 1. The smallest absolute Gasteiger partial charge is 0.230 e. The zero-order valence-corrected chi connectivity index (χ0v) is 17.0. The van der Waals surface area contributed by atoms with Crippen LogP contribution in [-0.2, 0) is 17.8 Å². The molecular formula is C20H20Cl2N4O2. The molecule has 0 saturated heterocycles. The van der Waals surface area contributed by atoms with Crippen molar-refractivity contribution in [2.24, 2.45) is 0 Å². The Morgan fingerprint density at radius 3 is 2.71 bits per heavy atom. The first-order valence-electron chi connectivity index (χ1n) is 8.74. The van der Waals surface area contributed by atoms with Crippen LogP contribution < -0.4 is 5.32 Å². The first-order chi connectivity index (χ1) is 13.3. The Hall–Kier alpha value is -2.41. The first-order valence-corrected chi connectivity index (χ1v) is 9.50. The predicted molar refractivity (Wildman–Crippen MR) is 110 cm³/mol. The SMILES string of the molecule is Cc1c(CC(=O)Nc2cccc(C(C)O)c2)nnn1Cc1ccc(Cl)c(Cl)c1. The predicted octanol–water partition coefficient (Wildman–Crippen LogP) is 4.18. The van der Waals surface area contributed by atoms with Crippen molar-refractivity contribution in [3.63, 3.8) is 0 Å². The van der Waals surface area contributed by atoms with Gasteiger partial charge in [-0.2, -0.15) is 0 Å². The van der Waals surface area contributed by atoms with Gasteiger partial charge in [0.15, 0.2) is 0 Å². The number of carbonyl (C=O) groups excluding carboxylic acids is 1. The lowest BCUT2D eigenvalue weighted by molar-refractivity contribution is -0.115. The topological polar surface area (TPSA) is 80.0 Å². The minimum absolute atomic E-state index is 0.103. The lowest BCUT2D eigenvalue weighted by Crippen LogP contribution is -2.15. The number of anilines is 1. The minimum Gasteiger partial charge on any atom is -0.389 e. The Morgan fingerprint density at radius 1 is 1.21 bits per heavy atom. The lowest BCUT2D eigenvalue weighted by Gasteiger charge is -2.09. The highest BCUT2D eigenvalue weighted by molar-refractivity contribution is 6.42. The molecule has 0 bridgehead atoms. The first kappa shape index (κ1) is 20.3. The van der Waals surface area contributed by atoms with E-state index in [0.29, 0.717) is 28.0 Å². The molecule has 1 amide bonds. The highest BCUT2D eigenvalue weighted by Gasteiger charge is 2.14. The van der Waals surface area contributed by atoms with E-state index in [1.54, 1.807) is 48.0 Å². The largest absolute Gasteiger partial charge is 0.389 e. The van der Waals surface area contributed by atoms with Crippen molar-refractivity contribution in [3.8, 4) is 0 Å². The van der Waals surface area contributed by atoms with Gasteiger partial charge in [-0.3, -0.25) is 4.79 Å². The maximum Gasteiger partial charge on any atom is 0.230 e. The van der Waals surface area contributed by atoms with E-state index in [9.17, 15) is 9.90 Å². The molecule has 1 unspecified atom stereocenters. The van der Waals surface area contributed by atoms with Crippen molar-refractivity contribution in [3.05, 3.63) is 75.0 Å². The Bertz CT molecular complexity index is 1000. The zero-order chi connectivity index (χ0) is 20.3. The van der Waals surface area contributed by atoms with Crippen molar-refractivity contribution in [2.75, 3.05) is 5.32 Å². The van der Waals surface area contributed by atoms with Crippen LogP contribution in [0, 0.1) is 6.92 Å². The molecule has 0 saturated carbocycles. The highest BCUT2D eigenvalue weighted by atomic mass is 35.5. The second-order valence-corrected chi connectivity index (χ2v) is 7.37. The number of benzene rings is 2. The van der Waals surface area contributed by atoms with Crippen molar-refractivity contribution in [1.82, 2.24) is 15.0 Å². The zero-order valence-electron chi connectivity index (χ0n) is 15.5. The molecule has 1 atom stereocenters. The Labute approximate surface area is 173 Å². The number of aromatic nitrogens is 3. The molecule has 2 aromatic carbocycles. The molecule has 6 nitrogen and oxygen atoms in total. The average Bonchev–Trinajstić information content (AvgIpc) is 2.98. The normalized spacial score (nSPS) is 12.0. The molecular weight excluding hydrogens is 399 g/mol. The summed E-state index contributed by atoms with van der Waals surface area (Å²) in [6, 6.07) is 12.5. The van der Waals surface area contributed by atoms with Crippen LogP contribution in [-0.4, -0.2) is 26.0 Å². The van der Waals surface area contributed by atoms with Crippen LogP contribution in [0.1, 0.15) is 35.5 Å². The summed E-state index contributed by atoms with van der Waals surface area (Å²) in [5, 5.41) is 21.7. The number of hydrogen-bond acceptors (Lipinski definition) is 4. The molecule has 3 aromatic rings. The van der Waals surface area contributed by atoms with Crippen LogP contribution in [0.2, 0.25) is 10.0 Å². The van der Waals surface area contributed by atoms with Crippen LogP contribution in [0.25, 0.3) is 0 Å². The number of aliphatic hydroxyl groups is 1. The average molecular weight is 419 g/mol. The van der Waals surface area contributed by atoms with Crippen LogP contribution in [0.4, 0.5) is 5.69 Å². The van der Waals surface area contributed by atoms with E-state index in [1.165, 1.54) is 0 Å². The molecule has 3 rings (SSSR count). The quantitative estimate of drug-likeness (QED) is 0.629. The summed E-state index contributed by atoms with van der Waals surface area (Å²) in [4.78, 5) is 12.4. The van der Waals surface area contributed by atoms with E-state index in [4.69, 9.17) is 23.2 Å². The van der Waals surface area contributed by atoms with Gasteiger partial charge in [0.2, 0.25) is 5.91 Å². The van der Waals surface area contributed by atoms with Gasteiger partial charge in [0.25, 0.3) is 0 Å². The molecule has 0 aliphatic heterocycles. The molecule has 0 spiro atoms. The van der Waals surface area contributed by atoms with Gasteiger partial charge in [-0.15, -0.1) is 5.10 Å². The van der Waals surface area contributed by atoms with Crippen LogP contribution in [0.5, 0.6) is 0 Å². The summed E-state index contributed by atoms with van der Waals surface area (Å²) in [7, 11) is 0. The second kappa shape index (κ2) is 8.73. The fourth-order valence-corrected chi connectivity index (χ4v) is 3.08. The van der Waals surface area contributed by atoms with E-state index < -0.39 is 6.10 Å². The molecule has 28 heavy (non-hydrogen) atoms. The summed E-state index contributed by atoms with van der Waals surface area (Å²) < 4.78 is 1.72. The monoisotopic (exact) mass is 418 g/mol.